The van der Waals surface area contributed by atoms with Gasteiger partial charge in [0.1, 0.15) is 0 Å². The normalized spacial score (nSPS) is 17.9. The molecular formula is C23H35N5. The Labute approximate surface area is 169 Å². The maximum atomic E-state index is 5.02. The van der Waals surface area contributed by atoms with E-state index in [0.717, 1.165) is 45.0 Å². The average molecular weight is 382 g/mol. The van der Waals surface area contributed by atoms with Crippen molar-refractivity contribution in [3.05, 3.63) is 53.9 Å². The average Bonchev–Trinajstić information content (AvgIpc) is 3.28. The molecule has 28 heavy (non-hydrogen) atoms. The van der Waals surface area contributed by atoms with Crippen LogP contribution in [0.3, 0.4) is 0 Å². The fraction of sp³-hybridized carbons (Fsp3) is 0.565. The number of likely N-dealkylation sites (tertiary alicyclic amines) is 1. The minimum atomic E-state index is 0.136. The van der Waals surface area contributed by atoms with E-state index in [4.69, 9.17) is 4.99 Å². The Hall–Kier alpha value is -2.30. The number of nitrogens with zero attached hydrogens (tertiary/aromatic N) is 4. The van der Waals surface area contributed by atoms with Gasteiger partial charge in [0.25, 0.3) is 0 Å². The molecule has 2 heterocycles. The van der Waals surface area contributed by atoms with Gasteiger partial charge in [-0.05, 0) is 48.6 Å². The fourth-order valence-electron chi connectivity index (χ4n) is 4.02. The molecule has 1 aliphatic rings. The van der Waals surface area contributed by atoms with Gasteiger partial charge >= 0.3 is 0 Å². The van der Waals surface area contributed by atoms with Crippen LogP contribution in [-0.2, 0) is 19.9 Å². The Morgan fingerprint density at radius 2 is 2.04 bits per heavy atom. The topological polar surface area (TPSA) is 45.5 Å². The van der Waals surface area contributed by atoms with Gasteiger partial charge in [0.15, 0.2) is 5.96 Å². The second-order valence-corrected chi connectivity index (χ2v) is 8.82. The van der Waals surface area contributed by atoms with Crippen LogP contribution in [0.5, 0.6) is 0 Å². The van der Waals surface area contributed by atoms with Gasteiger partial charge < -0.3 is 10.2 Å². The first-order valence-electron chi connectivity index (χ1n) is 10.5. The summed E-state index contributed by atoms with van der Waals surface area (Å²) in [5, 5.41) is 7.81. The predicted molar refractivity (Wildman–Crippen MR) is 116 cm³/mol. The van der Waals surface area contributed by atoms with Crippen LogP contribution in [0.25, 0.3) is 0 Å². The molecular weight excluding hydrogens is 346 g/mol. The standard InChI is InChI=1S/C23H35N5/c1-5-24-22(25-18-23(2,3)14-19-9-7-6-8-10-19)28-12-11-20(17-28)13-21-15-26-27(4)16-21/h6-10,15-16,20H,5,11-14,17-18H2,1-4H3,(H,24,25). The predicted octanol–water partition coefficient (Wildman–Crippen LogP) is 3.52. The van der Waals surface area contributed by atoms with Gasteiger partial charge in [0.2, 0.25) is 0 Å². The van der Waals surface area contributed by atoms with Crippen molar-refractivity contribution in [2.45, 2.75) is 40.0 Å². The van der Waals surface area contributed by atoms with E-state index in [1.807, 2.05) is 17.9 Å². The molecule has 152 valence electrons. The molecule has 0 spiro atoms. The lowest BCUT2D eigenvalue weighted by atomic mass is 9.86. The summed E-state index contributed by atoms with van der Waals surface area (Å²) in [5.74, 6) is 1.74. The summed E-state index contributed by atoms with van der Waals surface area (Å²) in [7, 11) is 1.98. The molecule has 1 aliphatic heterocycles. The Morgan fingerprint density at radius 1 is 1.25 bits per heavy atom. The molecule has 1 N–H and O–H groups in total. The highest BCUT2D eigenvalue weighted by Crippen LogP contribution is 2.24. The van der Waals surface area contributed by atoms with Crippen LogP contribution in [0, 0.1) is 11.3 Å². The lowest BCUT2D eigenvalue weighted by Gasteiger charge is -2.26. The Morgan fingerprint density at radius 3 is 2.71 bits per heavy atom. The highest BCUT2D eigenvalue weighted by atomic mass is 15.3. The molecule has 0 aliphatic carbocycles. The molecule has 0 amide bonds. The van der Waals surface area contributed by atoms with E-state index < -0.39 is 0 Å². The zero-order valence-electron chi connectivity index (χ0n) is 17.9. The molecule has 0 bridgehead atoms. The molecule has 1 aromatic heterocycles. The summed E-state index contributed by atoms with van der Waals surface area (Å²) in [6.07, 6.45) is 7.48. The van der Waals surface area contributed by atoms with Crippen molar-refractivity contribution < 1.29 is 0 Å². The maximum absolute atomic E-state index is 5.02. The van der Waals surface area contributed by atoms with Gasteiger partial charge in [-0.2, -0.15) is 5.10 Å². The third kappa shape index (κ3) is 5.85. The van der Waals surface area contributed by atoms with Crippen molar-refractivity contribution in [3.63, 3.8) is 0 Å². The molecule has 1 fully saturated rings. The lowest BCUT2D eigenvalue weighted by Crippen LogP contribution is -2.41. The Balaban J connectivity index is 1.59. The molecule has 0 radical (unpaired) electrons. The second-order valence-electron chi connectivity index (χ2n) is 8.82. The number of guanidine groups is 1. The molecule has 3 rings (SSSR count). The Kier molecular flexibility index (Phi) is 6.76. The summed E-state index contributed by atoms with van der Waals surface area (Å²) < 4.78 is 1.89. The minimum absolute atomic E-state index is 0.136. The Bertz CT molecular complexity index is 762. The molecule has 1 atom stereocenters. The van der Waals surface area contributed by atoms with Crippen LogP contribution in [0.2, 0.25) is 0 Å². The molecule has 2 aromatic rings. The van der Waals surface area contributed by atoms with E-state index in [1.165, 1.54) is 17.5 Å². The number of hydrogen-bond acceptors (Lipinski definition) is 2. The van der Waals surface area contributed by atoms with Gasteiger partial charge in [-0.15, -0.1) is 0 Å². The molecule has 1 unspecified atom stereocenters. The number of nitrogens with one attached hydrogen (secondary N) is 1. The highest BCUT2D eigenvalue weighted by molar-refractivity contribution is 5.80. The van der Waals surface area contributed by atoms with Crippen molar-refractivity contribution in [2.24, 2.45) is 23.4 Å². The van der Waals surface area contributed by atoms with Gasteiger partial charge in [0, 0.05) is 39.4 Å². The SMILES string of the molecule is CCNC(=NCC(C)(C)Cc1ccccc1)N1CCC(Cc2cnn(C)c2)C1. The van der Waals surface area contributed by atoms with E-state index in [0.29, 0.717) is 5.92 Å². The molecule has 1 aromatic carbocycles. The van der Waals surface area contributed by atoms with Gasteiger partial charge in [0.05, 0.1) is 6.20 Å². The number of aromatic nitrogens is 2. The first-order chi connectivity index (χ1) is 13.4. The number of hydrogen-bond donors (Lipinski definition) is 1. The second kappa shape index (κ2) is 9.26. The van der Waals surface area contributed by atoms with Gasteiger partial charge in [-0.1, -0.05) is 44.2 Å². The lowest BCUT2D eigenvalue weighted by molar-refractivity contribution is 0.371. The zero-order valence-corrected chi connectivity index (χ0v) is 17.9. The number of benzene rings is 1. The first-order valence-corrected chi connectivity index (χ1v) is 10.5. The summed E-state index contributed by atoms with van der Waals surface area (Å²) in [6.45, 7) is 10.6. The van der Waals surface area contributed by atoms with Crippen LogP contribution >= 0.6 is 0 Å². The molecule has 0 saturated carbocycles. The van der Waals surface area contributed by atoms with E-state index in [1.54, 1.807) is 0 Å². The van der Waals surface area contributed by atoms with Crippen LogP contribution in [-0.4, -0.2) is 46.8 Å². The van der Waals surface area contributed by atoms with E-state index in [2.05, 4.69) is 72.6 Å². The summed E-state index contributed by atoms with van der Waals surface area (Å²) in [4.78, 5) is 7.46. The maximum Gasteiger partial charge on any atom is 0.193 e. The van der Waals surface area contributed by atoms with Gasteiger partial charge in [-0.3, -0.25) is 9.67 Å². The third-order valence-corrected chi connectivity index (χ3v) is 5.39. The highest BCUT2D eigenvalue weighted by Gasteiger charge is 2.26. The van der Waals surface area contributed by atoms with Crippen molar-refractivity contribution in [3.8, 4) is 0 Å². The first kappa shape index (κ1) is 20.4. The van der Waals surface area contributed by atoms with E-state index in [-0.39, 0.29) is 5.41 Å². The van der Waals surface area contributed by atoms with Crippen molar-refractivity contribution in [2.75, 3.05) is 26.2 Å². The van der Waals surface area contributed by atoms with Crippen molar-refractivity contribution in [1.82, 2.24) is 20.0 Å². The zero-order chi connectivity index (χ0) is 20.0. The monoisotopic (exact) mass is 381 g/mol. The van der Waals surface area contributed by atoms with Crippen molar-refractivity contribution in [1.29, 1.82) is 0 Å². The van der Waals surface area contributed by atoms with Crippen LogP contribution in [0.4, 0.5) is 0 Å². The molecule has 5 heteroatoms. The van der Waals surface area contributed by atoms with Crippen molar-refractivity contribution >= 4 is 5.96 Å². The number of aliphatic imine (C=N–C) groups is 1. The van der Waals surface area contributed by atoms with Crippen LogP contribution < -0.4 is 5.32 Å². The summed E-state index contributed by atoms with van der Waals surface area (Å²) in [5.41, 5.74) is 2.85. The van der Waals surface area contributed by atoms with E-state index >= 15 is 0 Å². The summed E-state index contributed by atoms with van der Waals surface area (Å²) in [6, 6.07) is 10.7. The summed E-state index contributed by atoms with van der Waals surface area (Å²) >= 11 is 0. The number of aryl methyl sites for hydroxylation is 1. The molecule has 5 nitrogen and oxygen atoms in total. The number of rotatable bonds is 7. The largest absolute Gasteiger partial charge is 0.357 e. The van der Waals surface area contributed by atoms with Crippen LogP contribution in [0.1, 0.15) is 38.3 Å². The quantitative estimate of drug-likeness (QED) is 0.590. The molecule has 1 saturated heterocycles. The van der Waals surface area contributed by atoms with E-state index in [9.17, 15) is 0 Å². The third-order valence-electron chi connectivity index (χ3n) is 5.39. The van der Waals surface area contributed by atoms with Gasteiger partial charge in [-0.25, -0.2) is 0 Å². The fourth-order valence-corrected chi connectivity index (χ4v) is 4.02. The van der Waals surface area contributed by atoms with Crippen LogP contribution in [0.15, 0.2) is 47.7 Å². The minimum Gasteiger partial charge on any atom is -0.357 e. The smallest absolute Gasteiger partial charge is 0.193 e.